The van der Waals surface area contributed by atoms with Crippen molar-refractivity contribution in [1.29, 1.82) is 0 Å². The molecule has 1 aromatic rings. The van der Waals surface area contributed by atoms with E-state index in [0.717, 1.165) is 31.7 Å². The highest BCUT2D eigenvalue weighted by molar-refractivity contribution is 6.04. The molecule has 3 amide bonds. The first-order valence-electron chi connectivity index (χ1n) is 9.39. The summed E-state index contributed by atoms with van der Waals surface area (Å²) in [7, 11) is 0. The van der Waals surface area contributed by atoms with Gasteiger partial charge < -0.3 is 10.4 Å². The van der Waals surface area contributed by atoms with Crippen LogP contribution in [0.25, 0.3) is 0 Å². The fourth-order valence-electron chi connectivity index (χ4n) is 3.74. The van der Waals surface area contributed by atoms with Gasteiger partial charge in [-0.15, -0.1) is 0 Å². The molecule has 2 aliphatic rings. The third-order valence-electron chi connectivity index (χ3n) is 5.35. The number of aliphatic hydroxyl groups is 1. The third-order valence-corrected chi connectivity index (χ3v) is 5.35. The molecule has 3 N–H and O–H groups in total. The van der Waals surface area contributed by atoms with Crippen molar-refractivity contribution in [2.24, 2.45) is 0 Å². The zero-order valence-corrected chi connectivity index (χ0v) is 15.6. The second kappa shape index (κ2) is 8.33. The highest BCUT2D eigenvalue weighted by atomic mass is 19.1. The Bertz CT molecular complexity index is 689. The second-order valence-electron chi connectivity index (χ2n) is 7.52. The lowest BCUT2D eigenvalue weighted by atomic mass is 10.0. The fraction of sp³-hybridized carbons (Fsp3) is 0.579. The van der Waals surface area contributed by atoms with Crippen molar-refractivity contribution in [2.75, 3.05) is 26.2 Å². The molecule has 2 atom stereocenters. The number of urea groups is 1. The number of benzene rings is 1. The predicted molar refractivity (Wildman–Crippen MR) is 98.2 cm³/mol. The highest BCUT2D eigenvalue weighted by Crippen LogP contribution is 2.22. The molecule has 0 aliphatic carbocycles. The number of nitrogens with one attached hydrogen (secondary N) is 2. The zero-order valence-electron chi connectivity index (χ0n) is 15.6. The van der Waals surface area contributed by atoms with E-state index in [2.05, 4.69) is 15.5 Å². The number of hydrogen-bond donors (Lipinski definition) is 3. The van der Waals surface area contributed by atoms with Crippen molar-refractivity contribution in [1.82, 2.24) is 20.4 Å². The first-order valence-corrected chi connectivity index (χ1v) is 9.39. The number of nitrogens with zero attached hydrogens (tertiary/aromatic N) is 2. The number of piperazine rings is 1. The summed E-state index contributed by atoms with van der Waals surface area (Å²) in [4.78, 5) is 27.0. The summed E-state index contributed by atoms with van der Waals surface area (Å²) in [5.74, 6) is -0.521. The van der Waals surface area contributed by atoms with E-state index >= 15 is 0 Å². The number of hydrogen-bond acceptors (Lipinski definition) is 5. The van der Waals surface area contributed by atoms with Gasteiger partial charge in [0.25, 0.3) is 5.91 Å². The van der Waals surface area contributed by atoms with Crippen molar-refractivity contribution < 1.29 is 19.1 Å². The van der Waals surface area contributed by atoms with Crippen LogP contribution in [0.2, 0.25) is 0 Å². The number of carbonyl (C=O) groups excluding carboxylic acids is 2. The highest BCUT2D eigenvalue weighted by Gasteiger charge is 2.33. The van der Waals surface area contributed by atoms with E-state index in [1.807, 2.05) is 11.0 Å². The van der Waals surface area contributed by atoms with Gasteiger partial charge in [0.05, 0.1) is 0 Å². The van der Waals surface area contributed by atoms with Crippen LogP contribution in [0.1, 0.15) is 31.7 Å². The number of imide groups is 1. The zero-order chi connectivity index (χ0) is 19.4. The maximum atomic E-state index is 13.3. The minimum atomic E-state index is -0.954. The van der Waals surface area contributed by atoms with Crippen LogP contribution in [0.15, 0.2) is 24.3 Å². The van der Waals surface area contributed by atoms with E-state index in [-0.39, 0.29) is 11.7 Å². The Morgan fingerprint density at radius 3 is 2.63 bits per heavy atom. The maximum Gasteiger partial charge on any atom is 0.322 e. The Labute approximate surface area is 158 Å². The number of rotatable bonds is 7. The summed E-state index contributed by atoms with van der Waals surface area (Å²) in [6, 6.07) is 5.68. The lowest BCUT2D eigenvalue weighted by Gasteiger charge is -2.43. The molecule has 27 heavy (non-hydrogen) atoms. The van der Waals surface area contributed by atoms with Crippen LogP contribution in [0.4, 0.5) is 9.18 Å². The molecule has 0 spiro atoms. The molecule has 0 saturated carbocycles. The monoisotopic (exact) mass is 378 g/mol. The van der Waals surface area contributed by atoms with Gasteiger partial charge in [0.15, 0.2) is 0 Å². The van der Waals surface area contributed by atoms with E-state index in [4.69, 9.17) is 0 Å². The van der Waals surface area contributed by atoms with Crippen LogP contribution in [0.5, 0.6) is 0 Å². The third kappa shape index (κ3) is 5.24. The van der Waals surface area contributed by atoms with Crippen molar-refractivity contribution >= 4 is 11.9 Å². The van der Waals surface area contributed by atoms with E-state index < -0.39 is 17.8 Å². The standard InChI is InChI=1S/C19H27FN4O3/c1-19(27,7-3-6-16-17(25)22-18(26)21-16)24-10-8-23(9-11-24)13-14-4-2-5-15(20)12-14/h2,4-5,12,16,27H,3,6-11,13H2,1H3,(H2,21,22,25,26). The normalized spacial score (nSPS) is 23.7. The molecule has 7 nitrogen and oxygen atoms in total. The van der Waals surface area contributed by atoms with E-state index in [1.165, 1.54) is 6.07 Å². The quantitative estimate of drug-likeness (QED) is 0.617. The van der Waals surface area contributed by atoms with Crippen LogP contribution in [0.3, 0.4) is 0 Å². The summed E-state index contributed by atoms with van der Waals surface area (Å²) in [5.41, 5.74) is -0.00331. The smallest absolute Gasteiger partial charge is 0.322 e. The molecule has 2 saturated heterocycles. The van der Waals surface area contributed by atoms with Gasteiger partial charge in [-0.2, -0.15) is 0 Å². The Morgan fingerprint density at radius 2 is 2.00 bits per heavy atom. The summed E-state index contributed by atoms with van der Waals surface area (Å²) >= 11 is 0. The summed E-state index contributed by atoms with van der Waals surface area (Å²) in [6.45, 7) is 5.54. The molecule has 2 aliphatic heterocycles. The molecule has 1 aromatic carbocycles. The molecular weight excluding hydrogens is 351 g/mol. The SMILES string of the molecule is CC(O)(CCCC1NC(=O)NC1=O)N1CCN(Cc2cccc(F)c2)CC1. The van der Waals surface area contributed by atoms with E-state index in [0.29, 0.717) is 25.8 Å². The average molecular weight is 378 g/mol. The largest absolute Gasteiger partial charge is 0.376 e. The van der Waals surface area contributed by atoms with Crippen LogP contribution in [-0.4, -0.2) is 64.8 Å². The second-order valence-corrected chi connectivity index (χ2v) is 7.52. The topological polar surface area (TPSA) is 84.9 Å². The lowest BCUT2D eigenvalue weighted by Crippen LogP contribution is -2.55. The van der Waals surface area contributed by atoms with Crippen molar-refractivity contribution in [3.8, 4) is 0 Å². The fourth-order valence-corrected chi connectivity index (χ4v) is 3.74. The molecule has 2 heterocycles. The molecule has 0 aromatic heterocycles. The van der Waals surface area contributed by atoms with Crippen molar-refractivity contribution in [2.45, 2.75) is 44.5 Å². The average Bonchev–Trinajstić information content (AvgIpc) is 2.93. The van der Waals surface area contributed by atoms with Gasteiger partial charge in [-0.3, -0.25) is 19.9 Å². The Kier molecular flexibility index (Phi) is 6.08. The number of amides is 3. The van der Waals surface area contributed by atoms with Gasteiger partial charge in [-0.1, -0.05) is 12.1 Å². The summed E-state index contributed by atoms with van der Waals surface area (Å²) < 4.78 is 13.3. The van der Waals surface area contributed by atoms with E-state index in [1.54, 1.807) is 19.1 Å². The molecule has 148 valence electrons. The summed E-state index contributed by atoms with van der Waals surface area (Å²) in [6.07, 6.45) is 1.67. The van der Waals surface area contributed by atoms with Gasteiger partial charge >= 0.3 is 6.03 Å². The molecular formula is C19H27FN4O3. The van der Waals surface area contributed by atoms with E-state index in [9.17, 15) is 19.1 Å². The molecule has 2 unspecified atom stereocenters. The Balaban J connectivity index is 1.42. The first kappa shape index (κ1) is 19.7. The number of carbonyl (C=O) groups is 2. The van der Waals surface area contributed by atoms with Crippen molar-refractivity contribution in [3.05, 3.63) is 35.6 Å². The molecule has 2 fully saturated rings. The van der Waals surface area contributed by atoms with Gasteiger partial charge in [0.1, 0.15) is 17.6 Å². The van der Waals surface area contributed by atoms with Crippen LogP contribution in [0, 0.1) is 5.82 Å². The maximum absolute atomic E-state index is 13.3. The van der Waals surface area contributed by atoms with Gasteiger partial charge in [0, 0.05) is 32.7 Å². The summed E-state index contributed by atoms with van der Waals surface area (Å²) in [5, 5.41) is 15.6. The molecule has 0 radical (unpaired) electrons. The minimum absolute atomic E-state index is 0.221. The van der Waals surface area contributed by atoms with Gasteiger partial charge in [0.2, 0.25) is 0 Å². The van der Waals surface area contributed by atoms with Gasteiger partial charge in [-0.05, 0) is 43.9 Å². The molecule has 8 heteroatoms. The Hall–Kier alpha value is -2.03. The lowest BCUT2D eigenvalue weighted by molar-refractivity contribution is -0.122. The van der Waals surface area contributed by atoms with Crippen LogP contribution >= 0.6 is 0 Å². The predicted octanol–water partition coefficient (Wildman–Crippen LogP) is 1.03. The number of halogens is 1. The minimum Gasteiger partial charge on any atom is -0.376 e. The van der Waals surface area contributed by atoms with Crippen LogP contribution < -0.4 is 10.6 Å². The first-order chi connectivity index (χ1) is 12.8. The van der Waals surface area contributed by atoms with Crippen LogP contribution in [-0.2, 0) is 11.3 Å². The van der Waals surface area contributed by atoms with Crippen molar-refractivity contribution in [3.63, 3.8) is 0 Å². The Morgan fingerprint density at radius 1 is 1.26 bits per heavy atom. The molecule has 3 rings (SSSR count). The van der Waals surface area contributed by atoms with Gasteiger partial charge in [-0.25, -0.2) is 9.18 Å². The molecule has 0 bridgehead atoms.